The van der Waals surface area contributed by atoms with Crippen molar-refractivity contribution >= 4 is 11.5 Å². The minimum absolute atomic E-state index is 0.329. The minimum Gasteiger partial charge on any atom is -0.354 e. The van der Waals surface area contributed by atoms with Crippen LogP contribution in [-0.2, 0) is 6.54 Å². The summed E-state index contributed by atoms with van der Waals surface area (Å²) in [5.41, 5.74) is 2.34. The van der Waals surface area contributed by atoms with Crippen molar-refractivity contribution < 1.29 is 4.39 Å². The first-order valence-electron chi connectivity index (χ1n) is 10.7. The van der Waals surface area contributed by atoms with E-state index < -0.39 is 0 Å². The van der Waals surface area contributed by atoms with Crippen molar-refractivity contribution in [3.63, 3.8) is 0 Å². The Labute approximate surface area is 180 Å². The quantitative estimate of drug-likeness (QED) is 0.503. The third-order valence-corrected chi connectivity index (χ3v) is 6.01. The maximum Gasteiger partial charge on any atom is 0.188 e. The summed E-state index contributed by atoms with van der Waals surface area (Å²) >= 11 is 0. The standard InChI is InChI=1S/C24H25FN6/c1-18-13-14-29(15-16-30(18)17-19-7-3-2-4-8-19)23-12-11-22-26-27-24(31(22)28-23)20-9-5-6-10-21(20)25/h2-12,18H,13-17H2,1H3. The summed E-state index contributed by atoms with van der Waals surface area (Å²) in [6.07, 6.45) is 1.05. The summed E-state index contributed by atoms with van der Waals surface area (Å²) in [6.45, 7) is 6.00. The van der Waals surface area contributed by atoms with Crippen molar-refractivity contribution in [2.45, 2.75) is 25.9 Å². The topological polar surface area (TPSA) is 49.6 Å². The van der Waals surface area contributed by atoms with Crippen LogP contribution in [0.5, 0.6) is 0 Å². The highest BCUT2D eigenvalue weighted by Crippen LogP contribution is 2.23. The largest absolute Gasteiger partial charge is 0.354 e. The third-order valence-electron chi connectivity index (χ3n) is 6.01. The zero-order valence-electron chi connectivity index (χ0n) is 17.5. The van der Waals surface area contributed by atoms with Crippen LogP contribution in [0.15, 0.2) is 66.7 Å². The molecular weight excluding hydrogens is 391 g/mol. The molecule has 0 N–H and O–H groups in total. The Morgan fingerprint density at radius 1 is 0.903 bits per heavy atom. The maximum absolute atomic E-state index is 14.3. The number of aromatic nitrogens is 4. The maximum atomic E-state index is 14.3. The van der Waals surface area contributed by atoms with Gasteiger partial charge in [0, 0.05) is 32.2 Å². The fraction of sp³-hybridized carbons (Fsp3) is 0.292. The van der Waals surface area contributed by atoms with Crippen LogP contribution in [0, 0.1) is 5.82 Å². The van der Waals surface area contributed by atoms with Gasteiger partial charge in [0.25, 0.3) is 0 Å². The number of fused-ring (bicyclic) bond motifs is 1. The van der Waals surface area contributed by atoms with Gasteiger partial charge in [0.1, 0.15) is 11.6 Å². The van der Waals surface area contributed by atoms with E-state index in [0.717, 1.165) is 38.4 Å². The lowest BCUT2D eigenvalue weighted by Crippen LogP contribution is -2.34. The second-order valence-corrected chi connectivity index (χ2v) is 8.05. The molecule has 6 nitrogen and oxygen atoms in total. The third kappa shape index (κ3) is 4.01. The Balaban J connectivity index is 1.39. The first-order chi connectivity index (χ1) is 15.2. The number of benzene rings is 2. The number of anilines is 1. The van der Waals surface area contributed by atoms with E-state index in [2.05, 4.69) is 57.3 Å². The van der Waals surface area contributed by atoms with Crippen LogP contribution in [0.2, 0.25) is 0 Å². The fourth-order valence-corrected chi connectivity index (χ4v) is 4.15. The van der Waals surface area contributed by atoms with Gasteiger partial charge in [0.05, 0.1) is 5.56 Å². The van der Waals surface area contributed by atoms with Crippen LogP contribution < -0.4 is 4.90 Å². The molecule has 0 aliphatic carbocycles. The molecule has 2 aromatic heterocycles. The van der Waals surface area contributed by atoms with Gasteiger partial charge in [-0.15, -0.1) is 15.3 Å². The number of nitrogens with zero attached hydrogens (tertiary/aromatic N) is 6. The van der Waals surface area contributed by atoms with Gasteiger partial charge in [0.2, 0.25) is 0 Å². The van der Waals surface area contributed by atoms with Gasteiger partial charge >= 0.3 is 0 Å². The lowest BCUT2D eigenvalue weighted by atomic mass is 10.1. The van der Waals surface area contributed by atoms with E-state index in [4.69, 9.17) is 5.10 Å². The minimum atomic E-state index is -0.329. The van der Waals surface area contributed by atoms with Crippen LogP contribution in [0.3, 0.4) is 0 Å². The van der Waals surface area contributed by atoms with Crippen LogP contribution >= 0.6 is 0 Å². The summed E-state index contributed by atoms with van der Waals surface area (Å²) in [5.74, 6) is 0.951. The molecular formula is C24H25FN6. The number of halogens is 1. The zero-order chi connectivity index (χ0) is 21.2. The van der Waals surface area contributed by atoms with Gasteiger partial charge in [-0.1, -0.05) is 42.5 Å². The average Bonchev–Trinajstić information content (AvgIpc) is 3.13. The molecule has 0 radical (unpaired) electrons. The molecule has 5 rings (SSSR count). The molecule has 1 unspecified atom stereocenters. The summed E-state index contributed by atoms with van der Waals surface area (Å²) in [5, 5.41) is 13.1. The highest BCUT2D eigenvalue weighted by Gasteiger charge is 2.22. The highest BCUT2D eigenvalue weighted by atomic mass is 19.1. The van der Waals surface area contributed by atoms with Crippen molar-refractivity contribution in [1.29, 1.82) is 0 Å². The molecule has 3 heterocycles. The lowest BCUT2D eigenvalue weighted by Gasteiger charge is -2.26. The lowest BCUT2D eigenvalue weighted by molar-refractivity contribution is 0.212. The Kier molecular flexibility index (Phi) is 5.34. The van der Waals surface area contributed by atoms with E-state index in [-0.39, 0.29) is 5.82 Å². The summed E-state index contributed by atoms with van der Waals surface area (Å²) < 4.78 is 16.0. The SMILES string of the molecule is CC1CCN(c2ccc3nnc(-c4ccccc4F)n3n2)CCN1Cc1ccccc1. The van der Waals surface area contributed by atoms with E-state index in [1.54, 1.807) is 22.7 Å². The van der Waals surface area contributed by atoms with E-state index in [9.17, 15) is 4.39 Å². The van der Waals surface area contributed by atoms with E-state index >= 15 is 0 Å². The summed E-state index contributed by atoms with van der Waals surface area (Å²) in [4.78, 5) is 4.82. The number of hydrogen-bond donors (Lipinski definition) is 0. The number of hydrogen-bond acceptors (Lipinski definition) is 5. The molecule has 0 saturated carbocycles. The molecule has 1 atom stereocenters. The molecule has 1 fully saturated rings. The van der Waals surface area contributed by atoms with Gasteiger partial charge in [-0.3, -0.25) is 4.90 Å². The van der Waals surface area contributed by atoms with E-state index in [0.29, 0.717) is 23.1 Å². The number of rotatable bonds is 4. The van der Waals surface area contributed by atoms with Crippen LogP contribution in [0.1, 0.15) is 18.9 Å². The van der Waals surface area contributed by atoms with Crippen molar-refractivity contribution in [2.75, 3.05) is 24.5 Å². The Bertz CT molecular complexity index is 1180. The van der Waals surface area contributed by atoms with Crippen molar-refractivity contribution in [3.8, 4) is 11.4 Å². The van der Waals surface area contributed by atoms with E-state index in [1.807, 2.05) is 12.1 Å². The second-order valence-electron chi connectivity index (χ2n) is 8.05. The Morgan fingerprint density at radius 3 is 2.55 bits per heavy atom. The van der Waals surface area contributed by atoms with Crippen LogP contribution in [0.25, 0.3) is 17.0 Å². The van der Waals surface area contributed by atoms with Crippen molar-refractivity contribution in [2.24, 2.45) is 0 Å². The molecule has 0 amide bonds. The van der Waals surface area contributed by atoms with Crippen molar-refractivity contribution in [3.05, 3.63) is 78.1 Å². The second kappa shape index (κ2) is 8.43. The zero-order valence-corrected chi connectivity index (χ0v) is 17.5. The Morgan fingerprint density at radius 2 is 1.71 bits per heavy atom. The average molecular weight is 417 g/mol. The van der Waals surface area contributed by atoms with Crippen LogP contribution in [0.4, 0.5) is 10.2 Å². The molecule has 1 saturated heterocycles. The molecule has 0 bridgehead atoms. The predicted molar refractivity (Wildman–Crippen MR) is 119 cm³/mol. The van der Waals surface area contributed by atoms with E-state index in [1.165, 1.54) is 11.6 Å². The Hall–Kier alpha value is -3.32. The summed E-state index contributed by atoms with van der Waals surface area (Å²) in [7, 11) is 0. The first-order valence-corrected chi connectivity index (χ1v) is 10.7. The van der Waals surface area contributed by atoms with Gasteiger partial charge < -0.3 is 4.90 Å². The monoisotopic (exact) mass is 416 g/mol. The molecule has 2 aromatic carbocycles. The molecule has 4 aromatic rings. The normalized spacial score (nSPS) is 17.7. The fourth-order valence-electron chi connectivity index (χ4n) is 4.15. The predicted octanol–water partition coefficient (Wildman–Crippen LogP) is 4.03. The molecule has 1 aliphatic heterocycles. The van der Waals surface area contributed by atoms with Gasteiger partial charge in [0.15, 0.2) is 11.5 Å². The molecule has 1 aliphatic rings. The smallest absolute Gasteiger partial charge is 0.188 e. The van der Waals surface area contributed by atoms with Gasteiger partial charge in [-0.2, -0.15) is 4.52 Å². The highest BCUT2D eigenvalue weighted by molar-refractivity contribution is 5.60. The molecule has 158 valence electrons. The van der Waals surface area contributed by atoms with Crippen molar-refractivity contribution in [1.82, 2.24) is 24.7 Å². The molecule has 7 heteroatoms. The molecule has 31 heavy (non-hydrogen) atoms. The van der Waals surface area contributed by atoms with Gasteiger partial charge in [-0.05, 0) is 43.2 Å². The first kappa shape index (κ1) is 19.6. The summed E-state index contributed by atoms with van der Waals surface area (Å²) in [6, 6.07) is 21.6. The van der Waals surface area contributed by atoms with Crippen LogP contribution in [-0.4, -0.2) is 50.4 Å². The molecule has 0 spiro atoms. The van der Waals surface area contributed by atoms with Gasteiger partial charge in [-0.25, -0.2) is 4.39 Å².